The van der Waals surface area contributed by atoms with Crippen molar-refractivity contribution in [1.29, 1.82) is 0 Å². The van der Waals surface area contributed by atoms with Gasteiger partial charge in [-0.2, -0.15) is 0 Å². The molecule has 0 spiro atoms. The van der Waals surface area contributed by atoms with E-state index >= 15 is 0 Å². The molecule has 1 aliphatic rings. The normalized spacial score (nSPS) is 18.6. The predicted octanol–water partition coefficient (Wildman–Crippen LogP) is 3.47. The summed E-state index contributed by atoms with van der Waals surface area (Å²) < 4.78 is 5.50. The molecule has 1 N–H and O–H groups in total. The van der Waals surface area contributed by atoms with Crippen molar-refractivity contribution in [3.05, 3.63) is 29.3 Å². The number of ether oxygens (including phenoxy) is 1. The summed E-state index contributed by atoms with van der Waals surface area (Å²) in [5, 5.41) is 3.58. The first-order chi connectivity index (χ1) is 8.69. The lowest BCUT2D eigenvalue weighted by atomic mass is 9.77. The van der Waals surface area contributed by atoms with Crippen LogP contribution in [-0.4, -0.2) is 19.7 Å². The van der Waals surface area contributed by atoms with E-state index in [2.05, 4.69) is 37.5 Å². The van der Waals surface area contributed by atoms with Crippen LogP contribution < -0.4 is 10.1 Å². The van der Waals surface area contributed by atoms with Crippen molar-refractivity contribution in [2.75, 3.05) is 14.2 Å². The molecule has 2 rings (SSSR count). The Morgan fingerprint density at radius 3 is 2.56 bits per heavy atom. The number of rotatable bonds is 4. The number of methoxy groups -OCH3 is 1. The molecule has 100 valence electrons. The van der Waals surface area contributed by atoms with Crippen molar-refractivity contribution in [3.63, 3.8) is 0 Å². The van der Waals surface area contributed by atoms with Gasteiger partial charge in [0.15, 0.2) is 0 Å². The fraction of sp³-hybridized carbons (Fsp3) is 0.625. The number of benzene rings is 1. The fourth-order valence-corrected chi connectivity index (χ4v) is 3.15. The molecule has 18 heavy (non-hydrogen) atoms. The van der Waals surface area contributed by atoms with Gasteiger partial charge in [0.2, 0.25) is 0 Å². The fourth-order valence-electron chi connectivity index (χ4n) is 3.15. The molecular weight excluding hydrogens is 222 g/mol. The van der Waals surface area contributed by atoms with Gasteiger partial charge < -0.3 is 10.1 Å². The number of hydrogen-bond donors (Lipinski definition) is 1. The minimum Gasteiger partial charge on any atom is -0.496 e. The first kappa shape index (κ1) is 13.4. The van der Waals surface area contributed by atoms with Crippen LogP contribution in [0.4, 0.5) is 0 Å². The first-order valence-electron chi connectivity index (χ1n) is 7.01. The SMILES string of the molecule is CNC1(Cc2cc(C)ccc2OC)CCCCC1. The number of aryl methyl sites for hydroxylation is 1. The third-order valence-corrected chi connectivity index (χ3v) is 4.31. The Labute approximate surface area is 111 Å². The van der Waals surface area contributed by atoms with Gasteiger partial charge in [-0.15, -0.1) is 0 Å². The van der Waals surface area contributed by atoms with Gasteiger partial charge in [-0.25, -0.2) is 0 Å². The molecule has 0 aromatic heterocycles. The molecule has 1 saturated carbocycles. The topological polar surface area (TPSA) is 21.3 Å². The van der Waals surface area contributed by atoms with Gasteiger partial charge in [0, 0.05) is 5.54 Å². The van der Waals surface area contributed by atoms with Crippen LogP contribution in [0.2, 0.25) is 0 Å². The van der Waals surface area contributed by atoms with Crippen molar-refractivity contribution in [3.8, 4) is 5.75 Å². The Bertz CT molecular complexity index is 394. The maximum Gasteiger partial charge on any atom is 0.122 e. The molecule has 0 saturated heterocycles. The number of hydrogen-bond acceptors (Lipinski definition) is 2. The van der Waals surface area contributed by atoms with Crippen LogP contribution in [0.5, 0.6) is 5.75 Å². The van der Waals surface area contributed by atoms with Crippen molar-refractivity contribution in [2.24, 2.45) is 0 Å². The van der Waals surface area contributed by atoms with Crippen LogP contribution in [0.3, 0.4) is 0 Å². The Balaban J connectivity index is 2.23. The molecule has 1 aromatic carbocycles. The molecule has 0 radical (unpaired) electrons. The molecule has 0 heterocycles. The van der Waals surface area contributed by atoms with Gasteiger partial charge in [-0.05, 0) is 44.9 Å². The summed E-state index contributed by atoms with van der Waals surface area (Å²) in [6.07, 6.45) is 7.70. The third kappa shape index (κ3) is 2.86. The molecule has 1 fully saturated rings. The minimum absolute atomic E-state index is 0.277. The van der Waals surface area contributed by atoms with Crippen molar-refractivity contribution in [2.45, 2.75) is 51.0 Å². The van der Waals surface area contributed by atoms with E-state index in [4.69, 9.17) is 4.74 Å². The van der Waals surface area contributed by atoms with Crippen LogP contribution in [0.15, 0.2) is 18.2 Å². The zero-order chi connectivity index (χ0) is 13.0. The number of nitrogens with one attached hydrogen (secondary N) is 1. The standard InChI is InChI=1S/C16H25NO/c1-13-7-8-15(18-3)14(11-13)12-16(17-2)9-5-4-6-10-16/h7-8,11,17H,4-6,9-10,12H2,1-3H3. The predicted molar refractivity (Wildman–Crippen MR) is 76.3 cm³/mol. The van der Waals surface area contributed by atoms with Gasteiger partial charge in [-0.3, -0.25) is 0 Å². The smallest absolute Gasteiger partial charge is 0.122 e. The maximum absolute atomic E-state index is 5.50. The highest BCUT2D eigenvalue weighted by Gasteiger charge is 2.31. The van der Waals surface area contributed by atoms with E-state index in [1.54, 1.807) is 7.11 Å². The molecule has 0 aliphatic heterocycles. The molecule has 0 unspecified atom stereocenters. The Kier molecular flexibility index (Phi) is 4.28. The van der Waals surface area contributed by atoms with Gasteiger partial charge in [-0.1, -0.05) is 37.0 Å². The lowest BCUT2D eigenvalue weighted by molar-refractivity contribution is 0.242. The van der Waals surface area contributed by atoms with Crippen LogP contribution in [0, 0.1) is 6.92 Å². The molecule has 1 aliphatic carbocycles. The maximum atomic E-state index is 5.50. The second-order valence-corrected chi connectivity index (χ2v) is 5.58. The van der Waals surface area contributed by atoms with E-state index in [0.29, 0.717) is 0 Å². The summed E-state index contributed by atoms with van der Waals surface area (Å²) >= 11 is 0. The van der Waals surface area contributed by atoms with Gasteiger partial charge in [0.05, 0.1) is 7.11 Å². The molecule has 0 amide bonds. The Hall–Kier alpha value is -1.02. The molecule has 2 nitrogen and oxygen atoms in total. The van der Waals surface area contributed by atoms with E-state index < -0.39 is 0 Å². The third-order valence-electron chi connectivity index (χ3n) is 4.31. The quantitative estimate of drug-likeness (QED) is 0.879. The summed E-state index contributed by atoms with van der Waals surface area (Å²) in [5.74, 6) is 1.03. The van der Waals surface area contributed by atoms with Gasteiger partial charge >= 0.3 is 0 Å². The summed E-state index contributed by atoms with van der Waals surface area (Å²) in [5.41, 5.74) is 2.93. The van der Waals surface area contributed by atoms with Gasteiger partial charge in [0.1, 0.15) is 5.75 Å². The average Bonchev–Trinajstić information content (AvgIpc) is 2.40. The molecule has 2 heteroatoms. The highest BCUT2D eigenvalue weighted by atomic mass is 16.5. The Morgan fingerprint density at radius 1 is 1.22 bits per heavy atom. The van der Waals surface area contributed by atoms with Crippen LogP contribution >= 0.6 is 0 Å². The lowest BCUT2D eigenvalue weighted by Gasteiger charge is -2.37. The van der Waals surface area contributed by atoms with E-state index in [0.717, 1.165) is 12.2 Å². The lowest BCUT2D eigenvalue weighted by Crippen LogP contribution is -2.46. The van der Waals surface area contributed by atoms with Crippen molar-refractivity contribution >= 4 is 0 Å². The first-order valence-corrected chi connectivity index (χ1v) is 7.01. The Morgan fingerprint density at radius 2 is 1.94 bits per heavy atom. The second-order valence-electron chi connectivity index (χ2n) is 5.58. The molecule has 0 bridgehead atoms. The minimum atomic E-state index is 0.277. The van der Waals surface area contributed by atoms with E-state index in [1.807, 2.05) is 0 Å². The second kappa shape index (κ2) is 5.75. The summed E-state index contributed by atoms with van der Waals surface area (Å²) in [7, 11) is 3.87. The van der Waals surface area contributed by atoms with Gasteiger partial charge in [0.25, 0.3) is 0 Å². The van der Waals surface area contributed by atoms with E-state index in [1.165, 1.54) is 43.2 Å². The van der Waals surface area contributed by atoms with Crippen LogP contribution in [0.25, 0.3) is 0 Å². The molecule has 0 atom stereocenters. The molecular formula is C16H25NO. The summed E-state index contributed by atoms with van der Waals surface area (Å²) in [6, 6.07) is 6.48. The summed E-state index contributed by atoms with van der Waals surface area (Å²) in [6.45, 7) is 2.15. The van der Waals surface area contributed by atoms with E-state index in [-0.39, 0.29) is 5.54 Å². The largest absolute Gasteiger partial charge is 0.496 e. The highest BCUT2D eigenvalue weighted by molar-refractivity contribution is 5.38. The zero-order valence-electron chi connectivity index (χ0n) is 11.9. The summed E-state index contributed by atoms with van der Waals surface area (Å²) in [4.78, 5) is 0. The molecule has 1 aromatic rings. The monoisotopic (exact) mass is 247 g/mol. The van der Waals surface area contributed by atoms with E-state index in [9.17, 15) is 0 Å². The van der Waals surface area contributed by atoms with Crippen molar-refractivity contribution in [1.82, 2.24) is 5.32 Å². The van der Waals surface area contributed by atoms with Crippen LogP contribution in [-0.2, 0) is 6.42 Å². The zero-order valence-corrected chi connectivity index (χ0v) is 11.9. The van der Waals surface area contributed by atoms with Crippen LogP contribution in [0.1, 0.15) is 43.2 Å². The average molecular weight is 247 g/mol. The number of likely N-dealkylation sites (N-methyl/N-ethyl adjacent to an activating group) is 1. The van der Waals surface area contributed by atoms with Crippen molar-refractivity contribution < 1.29 is 4.74 Å². The highest BCUT2D eigenvalue weighted by Crippen LogP contribution is 2.33.